The molecular weight excluding hydrogens is 256 g/mol. The van der Waals surface area contributed by atoms with Crippen molar-refractivity contribution in [1.82, 2.24) is 14.8 Å². The Bertz CT molecular complexity index is 637. The quantitative estimate of drug-likeness (QED) is 0.868. The summed E-state index contributed by atoms with van der Waals surface area (Å²) in [5.41, 5.74) is 7.36. The molecule has 0 saturated carbocycles. The van der Waals surface area contributed by atoms with E-state index in [-0.39, 0.29) is 11.6 Å². The first-order valence-electron chi connectivity index (χ1n) is 6.40. The highest BCUT2D eigenvalue weighted by atomic mass is 16.5. The van der Waals surface area contributed by atoms with Crippen LogP contribution in [0.2, 0.25) is 0 Å². The zero-order valence-corrected chi connectivity index (χ0v) is 11.6. The lowest BCUT2D eigenvalue weighted by Gasteiger charge is -2.09. The van der Waals surface area contributed by atoms with Crippen molar-refractivity contribution in [2.24, 2.45) is 5.73 Å². The highest BCUT2D eigenvalue weighted by Gasteiger charge is 2.04. The van der Waals surface area contributed by atoms with Crippen molar-refractivity contribution in [1.29, 1.82) is 0 Å². The van der Waals surface area contributed by atoms with Gasteiger partial charge < -0.3 is 10.5 Å². The fourth-order valence-electron chi connectivity index (χ4n) is 1.72. The van der Waals surface area contributed by atoms with Gasteiger partial charge in [0, 0.05) is 24.5 Å². The first-order valence-corrected chi connectivity index (χ1v) is 6.40. The van der Waals surface area contributed by atoms with Gasteiger partial charge in [0.25, 0.3) is 5.56 Å². The summed E-state index contributed by atoms with van der Waals surface area (Å²) in [6, 6.07) is 3.30. The molecule has 0 fully saturated rings. The number of ether oxygens (including phenoxy) is 1. The van der Waals surface area contributed by atoms with Crippen molar-refractivity contribution in [2.75, 3.05) is 6.61 Å². The van der Waals surface area contributed by atoms with Crippen LogP contribution >= 0.6 is 0 Å². The molecule has 2 heterocycles. The fourth-order valence-corrected chi connectivity index (χ4v) is 1.72. The smallest absolute Gasteiger partial charge is 0.270 e. The molecule has 0 bridgehead atoms. The molecule has 2 aromatic heterocycles. The summed E-state index contributed by atoms with van der Waals surface area (Å²) in [6.07, 6.45) is 5.01. The van der Waals surface area contributed by atoms with Crippen LogP contribution in [-0.2, 0) is 6.54 Å². The van der Waals surface area contributed by atoms with Crippen molar-refractivity contribution in [3.05, 3.63) is 52.2 Å². The average Bonchev–Trinajstić information content (AvgIpc) is 2.39. The van der Waals surface area contributed by atoms with Gasteiger partial charge in [-0.05, 0) is 25.0 Å². The number of aryl methyl sites for hydroxylation is 1. The molecule has 0 amide bonds. The molecule has 2 rings (SSSR count). The molecule has 2 N–H and O–H groups in total. The van der Waals surface area contributed by atoms with Crippen LogP contribution in [0.25, 0.3) is 0 Å². The standard InChI is InChI=1S/C14H18N4O2/c1-10-3-12(6-16-5-10)8-18-14(19)4-13(7-17-18)20-9-11(2)15/h3-7,11H,8-9,15H2,1-2H3. The maximum atomic E-state index is 11.9. The number of rotatable bonds is 5. The van der Waals surface area contributed by atoms with Gasteiger partial charge in [-0.1, -0.05) is 6.07 Å². The first kappa shape index (κ1) is 14.2. The van der Waals surface area contributed by atoms with E-state index in [1.807, 2.05) is 19.9 Å². The maximum absolute atomic E-state index is 11.9. The van der Waals surface area contributed by atoms with Gasteiger partial charge >= 0.3 is 0 Å². The average molecular weight is 274 g/mol. The maximum Gasteiger partial charge on any atom is 0.270 e. The van der Waals surface area contributed by atoms with Gasteiger partial charge in [-0.2, -0.15) is 5.10 Å². The Morgan fingerprint density at radius 3 is 2.80 bits per heavy atom. The Morgan fingerprint density at radius 2 is 2.15 bits per heavy atom. The molecule has 0 aliphatic heterocycles. The molecular formula is C14H18N4O2. The van der Waals surface area contributed by atoms with Crippen LogP contribution in [0.4, 0.5) is 0 Å². The minimum absolute atomic E-state index is 0.0872. The Hall–Kier alpha value is -2.21. The molecule has 0 aliphatic rings. The van der Waals surface area contributed by atoms with Crippen LogP contribution in [-0.4, -0.2) is 27.4 Å². The third-order valence-corrected chi connectivity index (χ3v) is 2.62. The predicted molar refractivity (Wildman–Crippen MR) is 75.7 cm³/mol. The molecule has 6 heteroatoms. The molecule has 0 spiro atoms. The van der Waals surface area contributed by atoms with Gasteiger partial charge in [0.1, 0.15) is 12.4 Å². The van der Waals surface area contributed by atoms with Crippen LogP contribution in [0.3, 0.4) is 0 Å². The van der Waals surface area contributed by atoms with E-state index < -0.39 is 0 Å². The molecule has 20 heavy (non-hydrogen) atoms. The summed E-state index contributed by atoms with van der Waals surface area (Å²) in [7, 11) is 0. The van der Waals surface area contributed by atoms with E-state index in [2.05, 4.69) is 10.1 Å². The number of pyridine rings is 1. The fraction of sp³-hybridized carbons (Fsp3) is 0.357. The van der Waals surface area contributed by atoms with E-state index in [0.29, 0.717) is 18.9 Å². The van der Waals surface area contributed by atoms with Crippen LogP contribution < -0.4 is 16.0 Å². The van der Waals surface area contributed by atoms with Crippen LogP contribution in [0.5, 0.6) is 5.75 Å². The number of hydrogen-bond acceptors (Lipinski definition) is 5. The number of aromatic nitrogens is 3. The van der Waals surface area contributed by atoms with E-state index in [0.717, 1.165) is 11.1 Å². The van der Waals surface area contributed by atoms with Gasteiger partial charge in [0.15, 0.2) is 0 Å². The lowest BCUT2D eigenvalue weighted by Crippen LogP contribution is -2.26. The third kappa shape index (κ3) is 3.89. The van der Waals surface area contributed by atoms with Gasteiger partial charge in [-0.3, -0.25) is 9.78 Å². The van der Waals surface area contributed by atoms with E-state index in [1.54, 1.807) is 12.4 Å². The van der Waals surface area contributed by atoms with Gasteiger partial charge in [-0.15, -0.1) is 0 Å². The van der Waals surface area contributed by atoms with Crippen molar-refractivity contribution in [3.8, 4) is 5.75 Å². The number of nitrogens with two attached hydrogens (primary N) is 1. The Balaban J connectivity index is 2.12. The topological polar surface area (TPSA) is 83.0 Å². The molecule has 0 aromatic carbocycles. The van der Waals surface area contributed by atoms with E-state index in [4.69, 9.17) is 10.5 Å². The molecule has 1 unspecified atom stereocenters. The number of hydrogen-bond donors (Lipinski definition) is 1. The Kier molecular flexibility index (Phi) is 4.47. The van der Waals surface area contributed by atoms with Crippen LogP contribution in [0.1, 0.15) is 18.1 Å². The number of nitrogens with zero attached hydrogens (tertiary/aromatic N) is 3. The van der Waals surface area contributed by atoms with Crippen molar-refractivity contribution < 1.29 is 4.74 Å². The predicted octanol–water partition coefficient (Wildman–Crippen LogP) is 0.721. The second-order valence-corrected chi connectivity index (χ2v) is 4.85. The van der Waals surface area contributed by atoms with Crippen LogP contribution in [0, 0.1) is 6.92 Å². The summed E-state index contributed by atoms with van der Waals surface area (Å²) in [6.45, 7) is 4.53. The lowest BCUT2D eigenvalue weighted by atomic mass is 10.2. The summed E-state index contributed by atoms with van der Waals surface area (Å²) in [5, 5.41) is 4.09. The summed E-state index contributed by atoms with van der Waals surface area (Å²) >= 11 is 0. The van der Waals surface area contributed by atoms with Crippen molar-refractivity contribution in [2.45, 2.75) is 26.4 Å². The largest absolute Gasteiger partial charge is 0.490 e. The summed E-state index contributed by atoms with van der Waals surface area (Å²) < 4.78 is 6.73. The van der Waals surface area contributed by atoms with Gasteiger partial charge in [0.2, 0.25) is 0 Å². The van der Waals surface area contributed by atoms with Crippen molar-refractivity contribution >= 4 is 0 Å². The normalized spacial score (nSPS) is 12.2. The first-order chi connectivity index (χ1) is 9.54. The SMILES string of the molecule is Cc1cncc(Cn2ncc(OCC(C)N)cc2=O)c1. The highest BCUT2D eigenvalue weighted by Crippen LogP contribution is 2.06. The van der Waals surface area contributed by atoms with E-state index >= 15 is 0 Å². The second kappa shape index (κ2) is 6.29. The second-order valence-electron chi connectivity index (χ2n) is 4.85. The lowest BCUT2D eigenvalue weighted by molar-refractivity contribution is 0.293. The monoisotopic (exact) mass is 274 g/mol. The molecule has 0 radical (unpaired) electrons. The minimum Gasteiger partial charge on any atom is -0.490 e. The van der Waals surface area contributed by atoms with Crippen molar-refractivity contribution in [3.63, 3.8) is 0 Å². The van der Waals surface area contributed by atoms with Gasteiger partial charge in [-0.25, -0.2) is 4.68 Å². The van der Waals surface area contributed by atoms with E-state index in [9.17, 15) is 4.79 Å². The van der Waals surface area contributed by atoms with Gasteiger partial charge in [0.05, 0.1) is 12.7 Å². The summed E-state index contributed by atoms with van der Waals surface area (Å²) in [5.74, 6) is 0.436. The Morgan fingerprint density at radius 1 is 1.35 bits per heavy atom. The minimum atomic E-state index is -0.214. The summed E-state index contributed by atoms with van der Waals surface area (Å²) in [4.78, 5) is 16.0. The molecule has 0 saturated heterocycles. The molecule has 0 aliphatic carbocycles. The molecule has 106 valence electrons. The van der Waals surface area contributed by atoms with Crippen LogP contribution in [0.15, 0.2) is 35.5 Å². The zero-order valence-electron chi connectivity index (χ0n) is 11.6. The molecule has 6 nitrogen and oxygen atoms in total. The zero-order chi connectivity index (χ0) is 14.5. The Labute approximate surface area is 117 Å². The third-order valence-electron chi connectivity index (χ3n) is 2.62. The molecule has 2 aromatic rings. The molecule has 1 atom stereocenters. The highest BCUT2D eigenvalue weighted by molar-refractivity contribution is 5.18. The van der Waals surface area contributed by atoms with E-state index in [1.165, 1.54) is 16.9 Å².